The largest absolute Gasteiger partial charge is 0.481 e. The van der Waals surface area contributed by atoms with Gasteiger partial charge in [0.25, 0.3) is 0 Å². The maximum atomic E-state index is 10.6. The van der Waals surface area contributed by atoms with Crippen molar-refractivity contribution in [3.05, 3.63) is 0 Å². The normalized spacial score (nSPS) is 14.0. The fraction of sp³-hybridized carbons (Fsp3) is 0.867. The molecule has 112 valence electrons. The van der Waals surface area contributed by atoms with Crippen LogP contribution in [0.4, 0.5) is 0 Å². The zero-order valence-corrected chi connectivity index (χ0v) is 12.2. The van der Waals surface area contributed by atoms with Crippen molar-refractivity contribution in [1.29, 1.82) is 0 Å². The highest BCUT2D eigenvalue weighted by atomic mass is 16.4. The molecule has 0 aromatic heterocycles. The summed E-state index contributed by atoms with van der Waals surface area (Å²) in [6, 6.07) is 0. The minimum Gasteiger partial charge on any atom is -0.481 e. The van der Waals surface area contributed by atoms with E-state index in [9.17, 15) is 9.59 Å². The Kier molecular flexibility index (Phi) is 10.2. The molecule has 0 aromatic carbocycles. The van der Waals surface area contributed by atoms with Gasteiger partial charge in [-0.2, -0.15) is 0 Å². The Hall–Kier alpha value is -1.06. The standard InChI is InChI=1S/C15H28O4/c1-12(14(16)17)10-8-6-4-3-5-7-9-11-13(2)15(18)19/h12-13H,3-11H2,1-2H3,(H,16,17)(H,18,19). The Labute approximate surface area is 116 Å². The summed E-state index contributed by atoms with van der Waals surface area (Å²) in [6.45, 7) is 3.51. The molecule has 0 spiro atoms. The van der Waals surface area contributed by atoms with Crippen molar-refractivity contribution in [3.8, 4) is 0 Å². The lowest BCUT2D eigenvalue weighted by atomic mass is 10.00. The van der Waals surface area contributed by atoms with Gasteiger partial charge in [0, 0.05) is 0 Å². The molecule has 0 amide bonds. The molecule has 0 aliphatic carbocycles. The van der Waals surface area contributed by atoms with E-state index < -0.39 is 11.9 Å². The number of carbonyl (C=O) groups is 2. The predicted octanol–water partition coefficient (Wildman–Crippen LogP) is 3.94. The molecule has 0 aliphatic heterocycles. The monoisotopic (exact) mass is 272 g/mol. The van der Waals surface area contributed by atoms with Gasteiger partial charge in [0.2, 0.25) is 0 Å². The fourth-order valence-electron chi connectivity index (χ4n) is 2.03. The first kappa shape index (κ1) is 17.9. The quantitative estimate of drug-likeness (QED) is 0.528. The van der Waals surface area contributed by atoms with Crippen molar-refractivity contribution in [3.63, 3.8) is 0 Å². The van der Waals surface area contributed by atoms with Crippen LogP contribution in [0.5, 0.6) is 0 Å². The summed E-state index contributed by atoms with van der Waals surface area (Å²) in [5.41, 5.74) is 0. The van der Waals surface area contributed by atoms with Crippen molar-refractivity contribution in [2.24, 2.45) is 11.8 Å². The minimum atomic E-state index is -0.701. The molecule has 19 heavy (non-hydrogen) atoms. The number of unbranched alkanes of at least 4 members (excludes halogenated alkanes) is 6. The molecule has 0 rings (SSSR count). The Morgan fingerprint density at radius 1 is 0.684 bits per heavy atom. The summed E-state index contributed by atoms with van der Waals surface area (Å²) in [4.78, 5) is 21.2. The van der Waals surface area contributed by atoms with Gasteiger partial charge in [0.15, 0.2) is 0 Å². The van der Waals surface area contributed by atoms with E-state index >= 15 is 0 Å². The van der Waals surface area contributed by atoms with Crippen LogP contribution < -0.4 is 0 Å². The second-order valence-corrected chi connectivity index (χ2v) is 5.53. The Morgan fingerprint density at radius 2 is 0.947 bits per heavy atom. The second-order valence-electron chi connectivity index (χ2n) is 5.53. The summed E-state index contributed by atoms with van der Waals surface area (Å²) < 4.78 is 0. The van der Waals surface area contributed by atoms with Gasteiger partial charge in [-0.15, -0.1) is 0 Å². The first-order valence-corrected chi connectivity index (χ1v) is 7.40. The first-order chi connectivity index (χ1) is 8.95. The van der Waals surface area contributed by atoms with Crippen molar-refractivity contribution >= 4 is 11.9 Å². The molecule has 0 fully saturated rings. The van der Waals surface area contributed by atoms with Gasteiger partial charge in [0.05, 0.1) is 11.8 Å². The molecule has 4 nitrogen and oxygen atoms in total. The molecule has 0 radical (unpaired) electrons. The van der Waals surface area contributed by atoms with E-state index in [4.69, 9.17) is 10.2 Å². The van der Waals surface area contributed by atoms with Crippen molar-refractivity contribution in [2.75, 3.05) is 0 Å². The molecule has 2 N–H and O–H groups in total. The van der Waals surface area contributed by atoms with E-state index in [-0.39, 0.29) is 11.8 Å². The number of hydrogen-bond donors (Lipinski definition) is 2. The van der Waals surface area contributed by atoms with Crippen LogP contribution >= 0.6 is 0 Å². The average Bonchev–Trinajstić information content (AvgIpc) is 2.35. The highest BCUT2D eigenvalue weighted by molar-refractivity contribution is 5.69. The van der Waals surface area contributed by atoms with Crippen molar-refractivity contribution in [1.82, 2.24) is 0 Å². The van der Waals surface area contributed by atoms with Crippen LogP contribution in [-0.2, 0) is 9.59 Å². The molecule has 4 heteroatoms. The van der Waals surface area contributed by atoms with Crippen LogP contribution in [-0.4, -0.2) is 22.2 Å². The molecule has 0 bridgehead atoms. The van der Waals surface area contributed by atoms with Crippen LogP contribution in [0.1, 0.15) is 71.6 Å². The molecular weight excluding hydrogens is 244 g/mol. The van der Waals surface area contributed by atoms with Gasteiger partial charge in [-0.25, -0.2) is 0 Å². The van der Waals surface area contributed by atoms with Gasteiger partial charge in [-0.1, -0.05) is 58.8 Å². The van der Waals surface area contributed by atoms with Crippen LogP contribution in [0, 0.1) is 11.8 Å². The summed E-state index contributed by atoms with van der Waals surface area (Å²) in [7, 11) is 0. The average molecular weight is 272 g/mol. The van der Waals surface area contributed by atoms with Crippen LogP contribution in [0.15, 0.2) is 0 Å². The van der Waals surface area contributed by atoms with Crippen LogP contribution in [0.3, 0.4) is 0 Å². The van der Waals surface area contributed by atoms with E-state index in [1.54, 1.807) is 13.8 Å². The third kappa shape index (κ3) is 10.5. The molecule has 0 aliphatic rings. The highest BCUT2D eigenvalue weighted by Gasteiger charge is 2.10. The number of hydrogen-bond acceptors (Lipinski definition) is 2. The second kappa shape index (κ2) is 10.8. The van der Waals surface area contributed by atoms with E-state index in [1.165, 1.54) is 6.42 Å². The number of carboxylic acid groups (broad SMARTS) is 2. The maximum absolute atomic E-state index is 10.6. The smallest absolute Gasteiger partial charge is 0.306 e. The SMILES string of the molecule is CC(CCCCCCCCCC(C)C(=O)O)C(=O)O. The molecule has 0 saturated carbocycles. The van der Waals surface area contributed by atoms with Crippen molar-refractivity contribution in [2.45, 2.75) is 71.6 Å². The molecule has 0 aromatic rings. The van der Waals surface area contributed by atoms with Crippen molar-refractivity contribution < 1.29 is 19.8 Å². The van der Waals surface area contributed by atoms with Gasteiger partial charge < -0.3 is 10.2 Å². The third-order valence-corrected chi connectivity index (χ3v) is 3.62. The zero-order chi connectivity index (χ0) is 14.7. The lowest BCUT2D eigenvalue weighted by Gasteiger charge is -2.06. The van der Waals surface area contributed by atoms with E-state index in [0.717, 1.165) is 51.4 Å². The summed E-state index contributed by atoms with van der Waals surface area (Å²) in [6.07, 6.45) is 9.20. The van der Waals surface area contributed by atoms with Gasteiger partial charge in [-0.3, -0.25) is 9.59 Å². The number of aliphatic carboxylic acids is 2. The van der Waals surface area contributed by atoms with Crippen LogP contribution in [0.2, 0.25) is 0 Å². The predicted molar refractivity (Wildman–Crippen MR) is 75.2 cm³/mol. The van der Waals surface area contributed by atoms with Gasteiger partial charge in [-0.05, 0) is 12.8 Å². The molecule has 0 heterocycles. The Morgan fingerprint density at radius 3 is 1.21 bits per heavy atom. The third-order valence-electron chi connectivity index (χ3n) is 3.62. The maximum Gasteiger partial charge on any atom is 0.306 e. The minimum absolute atomic E-state index is 0.225. The first-order valence-electron chi connectivity index (χ1n) is 7.40. The lowest BCUT2D eigenvalue weighted by molar-refractivity contribution is -0.142. The summed E-state index contributed by atoms with van der Waals surface area (Å²) in [5.74, 6) is -1.85. The summed E-state index contributed by atoms with van der Waals surface area (Å²) in [5, 5.41) is 17.4. The van der Waals surface area contributed by atoms with Gasteiger partial charge in [0.1, 0.15) is 0 Å². The topological polar surface area (TPSA) is 74.6 Å². The molecule has 0 saturated heterocycles. The lowest BCUT2D eigenvalue weighted by Crippen LogP contribution is -2.08. The molecule has 2 atom stereocenters. The fourth-order valence-corrected chi connectivity index (χ4v) is 2.03. The van der Waals surface area contributed by atoms with E-state index in [2.05, 4.69) is 0 Å². The van der Waals surface area contributed by atoms with E-state index in [0.29, 0.717) is 0 Å². The van der Waals surface area contributed by atoms with Crippen LogP contribution in [0.25, 0.3) is 0 Å². The highest BCUT2D eigenvalue weighted by Crippen LogP contribution is 2.14. The Bertz CT molecular complexity index is 237. The van der Waals surface area contributed by atoms with Gasteiger partial charge >= 0.3 is 11.9 Å². The molecular formula is C15H28O4. The Balaban J connectivity index is 3.24. The zero-order valence-electron chi connectivity index (χ0n) is 12.2. The summed E-state index contributed by atoms with van der Waals surface area (Å²) >= 11 is 0. The van der Waals surface area contributed by atoms with E-state index in [1.807, 2.05) is 0 Å². The number of carboxylic acids is 2. The molecule has 2 unspecified atom stereocenters. The number of rotatable bonds is 12.